The summed E-state index contributed by atoms with van der Waals surface area (Å²) in [4.78, 5) is 6.48. The molecule has 0 spiro atoms. The van der Waals surface area contributed by atoms with E-state index in [1.165, 1.54) is 31.4 Å². The van der Waals surface area contributed by atoms with Gasteiger partial charge in [-0.25, -0.2) is 0 Å². The van der Waals surface area contributed by atoms with Gasteiger partial charge in [-0.15, -0.1) is 0 Å². The molecule has 3 nitrogen and oxygen atoms in total. The summed E-state index contributed by atoms with van der Waals surface area (Å²) in [5.41, 5.74) is 7.93. The Morgan fingerprint density at radius 3 is 2.93 bits per heavy atom. The number of pyridine rings is 1. The first-order valence-electron chi connectivity index (χ1n) is 5.79. The minimum absolute atomic E-state index is 0.723. The van der Waals surface area contributed by atoms with E-state index < -0.39 is 0 Å². The van der Waals surface area contributed by atoms with Crippen molar-refractivity contribution in [2.45, 2.75) is 38.6 Å². The van der Waals surface area contributed by atoms with Gasteiger partial charge in [0.2, 0.25) is 0 Å². The first-order valence-corrected chi connectivity index (χ1v) is 5.79. The maximum absolute atomic E-state index is 5.95. The van der Waals surface area contributed by atoms with E-state index in [2.05, 4.69) is 16.8 Å². The number of hydrogen-bond donors (Lipinski definition) is 1. The first kappa shape index (κ1) is 10.3. The standard InChI is InChI=1S/C12H19N3/c1-2-3-8-15(10-4-5-10)12-6-7-14-9-11(12)13/h6-7,9-10H,2-5,8,13H2,1H3. The molecule has 1 aromatic heterocycles. The van der Waals surface area contributed by atoms with Crippen LogP contribution in [0.15, 0.2) is 18.5 Å². The lowest BCUT2D eigenvalue weighted by Crippen LogP contribution is -2.27. The molecule has 1 aliphatic carbocycles. The molecule has 3 heteroatoms. The molecule has 2 rings (SSSR count). The fourth-order valence-corrected chi connectivity index (χ4v) is 1.88. The Morgan fingerprint density at radius 2 is 2.33 bits per heavy atom. The molecule has 1 aliphatic rings. The highest BCUT2D eigenvalue weighted by molar-refractivity contribution is 5.66. The third-order valence-corrected chi connectivity index (χ3v) is 2.88. The van der Waals surface area contributed by atoms with Crippen LogP contribution in [-0.2, 0) is 0 Å². The Bertz CT molecular complexity index is 320. The zero-order valence-corrected chi connectivity index (χ0v) is 9.32. The average Bonchev–Trinajstić information content (AvgIpc) is 3.05. The fourth-order valence-electron chi connectivity index (χ4n) is 1.88. The molecule has 0 aromatic carbocycles. The molecule has 1 heterocycles. The van der Waals surface area contributed by atoms with Crippen molar-refractivity contribution in [3.8, 4) is 0 Å². The largest absolute Gasteiger partial charge is 0.396 e. The predicted octanol–water partition coefficient (Wildman–Crippen LogP) is 2.43. The quantitative estimate of drug-likeness (QED) is 0.802. The van der Waals surface area contributed by atoms with Crippen LogP contribution in [0.3, 0.4) is 0 Å². The summed E-state index contributed by atoms with van der Waals surface area (Å²) < 4.78 is 0. The van der Waals surface area contributed by atoms with Gasteiger partial charge in [-0.3, -0.25) is 4.98 Å². The number of hydrogen-bond acceptors (Lipinski definition) is 3. The van der Waals surface area contributed by atoms with Gasteiger partial charge >= 0.3 is 0 Å². The normalized spacial score (nSPS) is 15.3. The SMILES string of the molecule is CCCCN(c1ccncc1N)C1CC1. The van der Waals surface area contributed by atoms with Crippen molar-refractivity contribution in [2.24, 2.45) is 0 Å². The van der Waals surface area contributed by atoms with Crippen LogP contribution in [0.25, 0.3) is 0 Å². The Morgan fingerprint density at radius 1 is 1.53 bits per heavy atom. The van der Waals surface area contributed by atoms with E-state index in [1.54, 1.807) is 6.20 Å². The van der Waals surface area contributed by atoms with Crippen molar-refractivity contribution in [3.05, 3.63) is 18.5 Å². The first-order chi connectivity index (χ1) is 7.33. The van der Waals surface area contributed by atoms with Gasteiger partial charge in [0.15, 0.2) is 0 Å². The van der Waals surface area contributed by atoms with E-state index in [0.717, 1.165) is 18.3 Å². The van der Waals surface area contributed by atoms with Gasteiger partial charge in [-0.1, -0.05) is 13.3 Å². The lowest BCUT2D eigenvalue weighted by Gasteiger charge is -2.25. The van der Waals surface area contributed by atoms with Gasteiger partial charge < -0.3 is 10.6 Å². The van der Waals surface area contributed by atoms with Crippen molar-refractivity contribution >= 4 is 11.4 Å². The molecule has 0 atom stereocenters. The van der Waals surface area contributed by atoms with Crippen LogP contribution in [0.5, 0.6) is 0 Å². The Kier molecular flexibility index (Phi) is 3.09. The zero-order valence-electron chi connectivity index (χ0n) is 9.32. The minimum Gasteiger partial charge on any atom is -0.396 e. The monoisotopic (exact) mass is 205 g/mol. The van der Waals surface area contributed by atoms with Gasteiger partial charge in [0.25, 0.3) is 0 Å². The summed E-state index contributed by atoms with van der Waals surface area (Å²) in [6, 6.07) is 2.75. The van der Waals surface area contributed by atoms with E-state index in [-0.39, 0.29) is 0 Å². The fraction of sp³-hybridized carbons (Fsp3) is 0.583. The third kappa shape index (κ3) is 2.41. The second-order valence-electron chi connectivity index (χ2n) is 4.21. The van der Waals surface area contributed by atoms with Crippen molar-refractivity contribution < 1.29 is 0 Å². The zero-order chi connectivity index (χ0) is 10.7. The molecule has 0 saturated heterocycles. The average molecular weight is 205 g/mol. The van der Waals surface area contributed by atoms with Gasteiger partial charge in [0, 0.05) is 18.8 Å². The van der Waals surface area contributed by atoms with Gasteiger partial charge in [-0.05, 0) is 25.3 Å². The highest BCUT2D eigenvalue weighted by atomic mass is 15.2. The summed E-state index contributed by atoms with van der Waals surface area (Å²) in [6.45, 7) is 3.34. The second kappa shape index (κ2) is 4.51. The molecule has 0 radical (unpaired) electrons. The summed E-state index contributed by atoms with van der Waals surface area (Å²) in [7, 11) is 0. The molecular formula is C12H19N3. The lowest BCUT2D eigenvalue weighted by molar-refractivity contribution is 0.713. The van der Waals surface area contributed by atoms with Crippen molar-refractivity contribution in [1.82, 2.24) is 4.98 Å². The van der Waals surface area contributed by atoms with Crippen LogP contribution >= 0.6 is 0 Å². The maximum atomic E-state index is 5.95. The number of rotatable bonds is 5. The van der Waals surface area contributed by atoms with Crippen LogP contribution in [0, 0.1) is 0 Å². The lowest BCUT2D eigenvalue weighted by atomic mass is 10.2. The van der Waals surface area contributed by atoms with E-state index in [4.69, 9.17) is 5.73 Å². The van der Waals surface area contributed by atoms with Crippen LogP contribution in [0.4, 0.5) is 11.4 Å². The van der Waals surface area contributed by atoms with Crippen LogP contribution in [-0.4, -0.2) is 17.6 Å². The van der Waals surface area contributed by atoms with Gasteiger partial charge in [0.1, 0.15) is 0 Å². The Hall–Kier alpha value is -1.25. The molecule has 0 bridgehead atoms. The van der Waals surface area contributed by atoms with Crippen LogP contribution in [0.2, 0.25) is 0 Å². The predicted molar refractivity (Wildman–Crippen MR) is 63.9 cm³/mol. The second-order valence-corrected chi connectivity index (χ2v) is 4.21. The minimum atomic E-state index is 0.723. The van der Waals surface area contributed by atoms with Crippen molar-refractivity contribution in [3.63, 3.8) is 0 Å². The van der Waals surface area contributed by atoms with Gasteiger partial charge in [-0.2, -0.15) is 0 Å². The third-order valence-electron chi connectivity index (χ3n) is 2.88. The summed E-state index contributed by atoms with van der Waals surface area (Å²) >= 11 is 0. The van der Waals surface area contributed by atoms with Crippen LogP contribution in [0.1, 0.15) is 32.6 Å². The molecule has 82 valence electrons. The summed E-state index contributed by atoms with van der Waals surface area (Å²) in [5, 5.41) is 0. The Labute approximate surface area is 91.3 Å². The van der Waals surface area contributed by atoms with Gasteiger partial charge in [0.05, 0.1) is 17.6 Å². The molecule has 0 aliphatic heterocycles. The molecule has 15 heavy (non-hydrogen) atoms. The smallest absolute Gasteiger partial charge is 0.0738 e. The molecule has 1 saturated carbocycles. The molecule has 1 aromatic rings. The van der Waals surface area contributed by atoms with E-state index in [1.807, 2.05) is 12.3 Å². The number of aromatic nitrogens is 1. The van der Waals surface area contributed by atoms with Crippen molar-refractivity contribution in [2.75, 3.05) is 17.2 Å². The van der Waals surface area contributed by atoms with Crippen LogP contribution < -0.4 is 10.6 Å². The molecule has 2 N–H and O–H groups in total. The van der Waals surface area contributed by atoms with E-state index in [0.29, 0.717) is 0 Å². The maximum Gasteiger partial charge on any atom is 0.0738 e. The Balaban J connectivity index is 2.13. The number of unbranched alkanes of at least 4 members (excludes halogenated alkanes) is 1. The molecule has 0 amide bonds. The van der Waals surface area contributed by atoms with E-state index in [9.17, 15) is 0 Å². The molecular weight excluding hydrogens is 186 g/mol. The number of nitrogens with two attached hydrogens (primary N) is 1. The summed E-state index contributed by atoms with van der Waals surface area (Å²) in [5.74, 6) is 0. The summed E-state index contributed by atoms with van der Waals surface area (Å²) in [6.07, 6.45) is 8.66. The van der Waals surface area contributed by atoms with E-state index >= 15 is 0 Å². The molecule has 1 fully saturated rings. The number of nitrogen functional groups attached to an aromatic ring is 1. The number of anilines is 2. The number of nitrogens with zero attached hydrogens (tertiary/aromatic N) is 2. The highest BCUT2D eigenvalue weighted by Gasteiger charge is 2.29. The topological polar surface area (TPSA) is 42.2 Å². The van der Waals surface area contributed by atoms with Crippen molar-refractivity contribution in [1.29, 1.82) is 0 Å². The molecule has 0 unspecified atom stereocenters. The highest BCUT2D eigenvalue weighted by Crippen LogP contribution is 2.34.